The molecular formula is C32H26F3N7O4S3. The first-order valence-corrected chi connectivity index (χ1v) is 18.2. The molecule has 0 aliphatic carbocycles. The van der Waals surface area contributed by atoms with Crippen LogP contribution in [0.1, 0.15) is 16.3 Å². The predicted molar refractivity (Wildman–Crippen MR) is 178 cm³/mol. The number of hydrogen-bond donors (Lipinski definition) is 0. The van der Waals surface area contributed by atoms with Gasteiger partial charge in [-0.1, -0.05) is 48.2 Å². The van der Waals surface area contributed by atoms with E-state index in [-0.39, 0.29) is 60.0 Å². The van der Waals surface area contributed by atoms with Crippen molar-refractivity contribution >= 4 is 43.9 Å². The lowest BCUT2D eigenvalue weighted by atomic mass is 10.1. The van der Waals surface area contributed by atoms with Crippen LogP contribution in [0.5, 0.6) is 0 Å². The topological polar surface area (TPSA) is 125 Å². The fourth-order valence-electron chi connectivity index (χ4n) is 5.33. The second-order valence-electron chi connectivity index (χ2n) is 10.9. The number of benzene rings is 3. The summed E-state index contributed by atoms with van der Waals surface area (Å²) in [4.78, 5) is 17.6. The van der Waals surface area contributed by atoms with Crippen LogP contribution in [-0.2, 0) is 33.2 Å². The quantitative estimate of drug-likeness (QED) is 0.178. The maximum Gasteiger partial charge on any atom is 0.416 e. The Morgan fingerprint density at radius 3 is 2.57 bits per heavy atom. The van der Waals surface area contributed by atoms with E-state index in [1.165, 1.54) is 60.9 Å². The molecule has 6 aromatic rings. The van der Waals surface area contributed by atoms with E-state index in [1.54, 1.807) is 30.5 Å². The van der Waals surface area contributed by atoms with Crippen molar-refractivity contribution < 1.29 is 26.3 Å². The summed E-state index contributed by atoms with van der Waals surface area (Å²) in [7, 11) is -3.86. The summed E-state index contributed by atoms with van der Waals surface area (Å²) in [6.07, 6.45) is -2.96. The van der Waals surface area contributed by atoms with Crippen molar-refractivity contribution in [3.8, 4) is 17.1 Å². The number of thioether (sulfide) groups is 1. The van der Waals surface area contributed by atoms with Crippen LogP contribution in [0, 0.1) is 0 Å². The molecular weight excluding hydrogens is 700 g/mol. The lowest BCUT2D eigenvalue weighted by molar-refractivity contribution is -0.137. The van der Waals surface area contributed by atoms with E-state index >= 15 is 0 Å². The van der Waals surface area contributed by atoms with Crippen LogP contribution >= 0.6 is 23.1 Å². The number of sulfonamides is 1. The molecule has 0 radical (unpaired) electrons. The van der Waals surface area contributed by atoms with Crippen molar-refractivity contribution in [1.29, 1.82) is 0 Å². The Labute approximate surface area is 286 Å². The van der Waals surface area contributed by atoms with Crippen molar-refractivity contribution in [3.05, 3.63) is 111 Å². The van der Waals surface area contributed by atoms with E-state index in [1.807, 2.05) is 17.5 Å². The SMILES string of the molecule is O=c1c2ccccc2cnn1Cc1nc(CSc2nnc(-c3cccc(S(=O)(=O)N4CCOCC4)c3)n2-c2cccc(C(F)(F)F)c2)cs1. The first-order valence-electron chi connectivity index (χ1n) is 14.9. The summed E-state index contributed by atoms with van der Waals surface area (Å²) in [5.74, 6) is 0.459. The van der Waals surface area contributed by atoms with Gasteiger partial charge in [-0.3, -0.25) is 9.36 Å². The summed E-state index contributed by atoms with van der Waals surface area (Å²) in [5, 5.41) is 17.0. The van der Waals surface area contributed by atoms with E-state index in [4.69, 9.17) is 4.74 Å². The van der Waals surface area contributed by atoms with E-state index in [2.05, 4.69) is 20.3 Å². The maximum atomic E-state index is 13.8. The van der Waals surface area contributed by atoms with Gasteiger partial charge in [0.1, 0.15) is 5.01 Å². The van der Waals surface area contributed by atoms with Crippen LogP contribution in [-0.4, -0.2) is 68.6 Å². The first kappa shape index (κ1) is 33.1. The molecule has 0 amide bonds. The molecule has 3 aromatic carbocycles. The van der Waals surface area contributed by atoms with E-state index in [0.717, 1.165) is 17.5 Å². The van der Waals surface area contributed by atoms with Gasteiger partial charge in [0.2, 0.25) is 10.0 Å². The molecule has 1 fully saturated rings. The Balaban J connectivity index is 1.19. The van der Waals surface area contributed by atoms with Crippen LogP contribution in [0.25, 0.3) is 27.8 Å². The molecule has 49 heavy (non-hydrogen) atoms. The second kappa shape index (κ2) is 13.5. The number of ether oxygens (including phenoxy) is 1. The van der Waals surface area contributed by atoms with Crippen LogP contribution < -0.4 is 5.56 Å². The molecule has 17 heteroatoms. The molecule has 0 N–H and O–H groups in total. The summed E-state index contributed by atoms with van der Waals surface area (Å²) in [6, 6.07) is 18.1. The van der Waals surface area contributed by atoms with Gasteiger partial charge in [0.05, 0.1) is 53.2 Å². The van der Waals surface area contributed by atoms with Gasteiger partial charge in [0.25, 0.3) is 5.56 Å². The highest BCUT2D eigenvalue weighted by atomic mass is 32.2. The van der Waals surface area contributed by atoms with Gasteiger partial charge in [-0.05, 0) is 36.4 Å². The van der Waals surface area contributed by atoms with E-state index < -0.39 is 21.8 Å². The van der Waals surface area contributed by atoms with Crippen LogP contribution in [0.2, 0.25) is 0 Å². The number of rotatable bonds is 9. The molecule has 252 valence electrons. The number of morpholine rings is 1. The fourth-order valence-corrected chi connectivity index (χ4v) is 8.51. The Hall–Kier alpha value is -4.42. The third-order valence-corrected chi connectivity index (χ3v) is 11.5. The molecule has 3 aromatic heterocycles. The van der Waals surface area contributed by atoms with E-state index in [9.17, 15) is 26.4 Å². The lowest BCUT2D eigenvalue weighted by Crippen LogP contribution is -2.40. The lowest BCUT2D eigenvalue weighted by Gasteiger charge is -2.26. The van der Waals surface area contributed by atoms with Crippen molar-refractivity contribution in [3.63, 3.8) is 0 Å². The number of halogens is 3. The zero-order valence-corrected chi connectivity index (χ0v) is 27.9. The Morgan fingerprint density at radius 1 is 0.959 bits per heavy atom. The smallest absolute Gasteiger partial charge is 0.379 e. The van der Waals surface area contributed by atoms with Crippen molar-refractivity contribution in [1.82, 2.24) is 33.8 Å². The zero-order chi connectivity index (χ0) is 34.2. The van der Waals surface area contributed by atoms with Crippen LogP contribution in [0.4, 0.5) is 13.2 Å². The summed E-state index contributed by atoms with van der Waals surface area (Å²) in [6.45, 7) is 1.15. The molecule has 0 bridgehead atoms. The standard InChI is InChI=1S/C32H26F3N7O4S3/c33-32(34,35)23-7-4-8-25(16-23)42-29(21-6-3-9-26(15-21)49(44,45)40-11-13-46-14-12-40)38-39-31(42)48-20-24-19-47-28(37-24)18-41-30(43)27-10-2-1-5-22(27)17-36-41/h1-10,15-17,19H,11-14,18,20H2. The molecule has 11 nitrogen and oxygen atoms in total. The minimum absolute atomic E-state index is 0.0229. The van der Waals surface area contributed by atoms with Crippen LogP contribution in [0.3, 0.4) is 0 Å². The Morgan fingerprint density at radius 2 is 1.76 bits per heavy atom. The van der Waals surface area contributed by atoms with Gasteiger partial charge >= 0.3 is 6.18 Å². The summed E-state index contributed by atoms with van der Waals surface area (Å²) in [5.41, 5.74) is 0.0890. The Bertz CT molecular complexity index is 2320. The molecule has 0 atom stereocenters. The number of aromatic nitrogens is 6. The average molecular weight is 726 g/mol. The number of thiazole rings is 1. The minimum Gasteiger partial charge on any atom is -0.379 e. The van der Waals surface area contributed by atoms with Gasteiger partial charge in [-0.2, -0.15) is 22.6 Å². The third kappa shape index (κ3) is 6.89. The largest absolute Gasteiger partial charge is 0.416 e. The van der Waals surface area contributed by atoms with Crippen molar-refractivity contribution in [2.75, 3.05) is 26.3 Å². The second-order valence-corrected chi connectivity index (χ2v) is 14.8. The zero-order valence-electron chi connectivity index (χ0n) is 25.4. The van der Waals surface area contributed by atoms with Gasteiger partial charge < -0.3 is 4.74 Å². The summed E-state index contributed by atoms with van der Waals surface area (Å²) < 4.78 is 77.6. The van der Waals surface area contributed by atoms with Crippen molar-refractivity contribution in [2.24, 2.45) is 0 Å². The first-order chi connectivity index (χ1) is 23.6. The normalized spacial score (nSPS) is 14.4. The number of nitrogens with zero attached hydrogens (tertiary/aromatic N) is 7. The molecule has 0 unspecified atom stereocenters. The van der Waals surface area contributed by atoms with Gasteiger partial charge in [-0.25, -0.2) is 18.1 Å². The number of fused-ring (bicyclic) bond motifs is 1. The fraction of sp³-hybridized carbons (Fsp3) is 0.219. The monoisotopic (exact) mass is 725 g/mol. The average Bonchev–Trinajstić information content (AvgIpc) is 3.76. The molecule has 7 rings (SSSR count). The Kier molecular flexibility index (Phi) is 9.10. The third-order valence-electron chi connectivity index (χ3n) is 7.76. The van der Waals surface area contributed by atoms with Gasteiger partial charge in [0, 0.05) is 35.2 Å². The van der Waals surface area contributed by atoms with E-state index in [0.29, 0.717) is 27.4 Å². The highest BCUT2D eigenvalue weighted by Gasteiger charge is 2.31. The summed E-state index contributed by atoms with van der Waals surface area (Å²) >= 11 is 2.56. The molecule has 1 aliphatic rings. The number of alkyl halides is 3. The maximum absolute atomic E-state index is 13.8. The molecule has 1 aliphatic heterocycles. The van der Waals surface area contributed by atoms with Gasteiger partial charge in [0.15, 0.2) is 11.0 Å². The predicted octanol–water partition coefficient (Wildman–Crippen LogP) is 5.48. The highest BCUT2D eigenvalue weighted by molar-refractivity contribution is 7.98. The minimum atomic E-state index is -4.59. The molecule has 1 saturated heterocycles. The van der Waals surface area contributed by atoms with Gasteiger partial charge in [-0.15, -0.1) is 21.5 Å². The molecule has 0 saturated carbocycles. The van der Waals surface area contributed by atoms with Crippen molar-refractivity contribution in [2.45, 2.75) is 28.5 Å². The molecule has 4 heterocycles. The van der Waals surface area contributed by atoms with Crippen LogP contribution in [0.15, 0.2) is 99.2 Å². The highest BCUT2D eigenvalue weighted by Crippen LogP contribution is 2.35. The number of hydrogen-bond acceptors (Lipinski definition) is 10. The molecule has 0 spiro atoms.